The van der Waals surface area contributed by atoms with Crippen LogP contribution in [-0.2, 0) is 11.4 Å². The molecule has 1 N–H and O–H groups in total. The number of ether oxygens (including phenoxy) is 3. The topological polar surface area (TPSA) is 99.9 Å². The van der Waals surface area contributed by atoms with Crippen molar-refractivity contribution in [2.24, 2.45) is 0 Å². The molecular weight excluding hydrogens is 511 g/mol. The normalized spacial score (nSPS) is 10.7. The molecule has 0 radical (unpaired) electrons. The standard InChI is InChI=1S/C24H20BrFN2O6/c1-32-21-9-8-17(28(30)31)13-20(21)27-23(29)10-7-15-11-18(25)24(22(12-15)33-2)34-14-16-5-3-4-6-19(16)26/h3-13H,14H2,1-2H3,(H,27,29)/b10-7+. The fraction of sp³-hybridized carbons (Fsp3) is 0.125. The molecule has 1 amide bonds. The molecule has 0 bridgehead atoms. The van der Waals surface area contributed by atoms with Crippen molar-refractivity contribution >= 4 is 39.3 Å². The van der Waals surface area contributed by atoms with Gasteiger partial charge in [-0.2, -0.15) is 0 Å². The second kappa shape index (κ2) is 11.3. The summed E-state index contributed by atoms with van der Waals surface area (Å²) >= 11 is 3.42. The van der Waals surface area contributed by atoms with E-state index < -0.39 is 10.8 Å². The van der Waals surface area contributed by atoms with E-state index in [1.54, 1.807) is 30.3 Å². The first-order valence-electron chi connectivity index (χ1n) is 9.87. The molecule has 0 atom stereocenters. The molecule has 0 aliphatic heterocycles. The van der Waals surface area contributed by atoms with Gasteiger partial charge in [-0.05, 0) is 51.8 Å². The summed E-state index contributed by atoms with van der Waals surface area (Å²) in [6, 6.07) is 13.6. The lowest BCUT2D eigenvalue weighted by molar-refractivity contribution is -0.384. The molecule has 176 valence electrons. The Balaban J connectivity index is 1.75. The van der Waals surface area contributed by atoms with Gasteiger partial charge in [0.15, 0.2) is 11.5 Å². The van der Waals surface area contributed by atoms with E-state index in [2.05, 4.69) is 21.2 Å². The summed E-state index contributed by atoms with van der Waals surface area (Å²) in [7, 11) is 2.86. The number of benzene rings is 3. The van der Waals surface area contributed by atoms with Gasteiger partial charge in [-0.25, -0.2) is 4.39 Å². The highest BCUT2D eigenvalue weighted by molar-refractivity contribution is 9.10. The summed E-state index contributed by atoms with van der Waals surface area (Å²) in [5, 5.41) is 13.6. The van der Waals surface area contributed by atoms with Crippen molar-refractivity contribution in [3.63, 3.8) is 0 Å². The first kappa shape index (κ1) is 24.7. The van der Waals surface area contributed by atoms with Gasteiger partial charge in [0.2, 0.25) is 5.91 Å². The van der Waals surface area contributed by atoms with Gasteiger partial charge in [-0.15, -0.1) is 0 Å². The van der Waals surface area contributed by atoms with Crippen LogP contribution in [0.3, 0.4) is 0 Å². The monoisotopic (exact) mass is 530 g/mol. The Morgan fingerprint density at radius 1 is 1.12 bits per heavy atom. The maximum atomic E-state index is 13.9. The Kier molecular flexibility index (Phi) is 8.20. The molecule has 0 saturated heterocycles. The fourth-order valence-electron chi connectivity index (χ4n) is 2.99. The number of methoxy groups -OCH3 is 2. The Bertz CT molecular complexity index is 1250. The molecule has 0 aliphatic carbocycles. The first-order chi connectivity index (χ1) is 16.3. The van der Waals surface area contributed by atoms with Crippen LogP contribution in [0, 0.1) is 15.9 Å². The Morgan fingerprint density at radius 2 is 1.85 bits per heavy atom. The summed E-state index contributed by atoms with van der Waals surface area (Å²) in [5.74, 6) is 0.158. The third kappa shape index (κ3) is 6.10. The van der Waals surface area contributed by atoms with Gasteiger partial charge in [0, 0.05) is 23.8 Å². The van der Waals surface area contributed by atoms with Crippen molar-refractivity contribution in [2.75, 3.05) is 19.5 Å². The Hall–Kier alpha value is -3.92. The van der Waals surface area contributed by atoms with Crippen molar-refractivity contribution in [1.82, 2.24) is 0 Å². The first-order valence-corrected chi connectivity index (χ1v) is 10.7. The second-order valence-corrected chi connectivity index (χ2v) is 7.73. The highest BCUT2D eigenvalue weighted by Crippen LogP contribution is 2.37. The maximum absolute atomic E-state index is 13.9. The Labute approximate surface area is 203 Å². The molecule has 8 nitrogen and oxygen atoms in total. The predicted octanol–water partition coefficient (Wildman–Crippen LogP) is 5.74. The molecule has 0 spiro atoms. The summed E-state index contributed by atoms with van der Waals surface area (Å²) in [6.45, 7) is 0.00424. The third-order valence-electron chi connectivity index (χ3n) is 4.66. The summed E-state index contributed by atoms with van der Waals surface area (Å²) in [6.07, 6.45) is 2.80. The van der Waals surface area contributed by atoms with Crippen LogP contribution >= 0.6 is 15.9 Å². The summed E-state index contributed by atoms with van der Waals surface area (Å²) < 4.78 is 30.7. The van der Waals surface area contributed by atoms with Gasteiger partial charge in [-0.1, -0.05) is 18.2 Å². The van der Waals surface area contributed by atoms with E-state index in [-0.39, 0.29) is 29.5 Å². The van der Waals surface area contributed by atoms with E-state index >= 15 is 0 Å². The van der Waals surface area contributed by atoms with Gasteiger partial charge in [0.1, 0.15) is 18.2 Å². The van der Waals surface area contributed by atoms with Gasteiger partial charge >= 0.3 is 0 Å². The number of halogens is 2. The average molecular weight is 531 g/mol. The van der Waals surface area contributed by atoms with E-state index in [0.717, 1.165) is 0 Å². The van der Waals surface area contributed by atoms with Crippen LogP contribution in [0.2, 0.25) is 0 Å². The van der Waals surface area contributed by atoms with Crippen molar-refractivity contribution in [2.45, 2.75) is 6.61 Å². The van der Waals surface area contributed by atoms with E-state index in [1.807, 2.05) is 0 Å². The van der Waals surface area contributed by atoms with Crippen LogP contribution in [0.1, 0.15) is 11.1 Å². The van der Waals surface area contributed by atoms with Crippen molar-refractivity contribution in [3.05, 3.63) is 92.2 Å². The highest BCUT2D eigenvalue weighted by atomic mass is 79.9. The molecule has 0 saturated carbocycles. The second-order valence-electron chi connectivity index (χ2n) is 6.88. The minimum Gasteiger partial charge on any atom is -0.495 e. The zero-order valence-corrected chi connectivity index (χ0v) is 19.8. The zero-order chi connectivity index (χ0) is 24.7. The number of nitro benzene ring substituents is 1. The molecule has 0 unspecified atom stereocenters. The molecule has 3 aromatic carbocycles. The number of nitro groups is 1. The number of hydrogen-bond donors (Lipinski definition) is 1. The van der Waals surface area contributed by atoms with Gasteiger partial charge in [-0.3, -0.25) is 14.9 Å². The number of anilines is 1. The lowest BCUT2D eigenvalue weighted by Crippen LogP contribution is -2.09. The maximum Gasteiger partial charge on any atom is 0.271 e. The van der Waals surface area contributed by atoms with E-state index in [1.165, 1.54) is 50.6 Å². The van der Waals surface area contributed by atoms with E-state index in [9.17, 15) is 19.3 Å². The summed E-state index contributed by atoms with van der Waals surface area (Å²) in [5.41, 5.74) is 0.999. The number of nitrogens with zero attached hydrogens (tertiary/aromatic N) is 1. The van der Waals surface area contributed by atoms with Crippen LogP contribution < -0.4 is 19.5 Å². The number of carbonyl (C=O) groups excluding carboxylic acids is 1. The number of hydrogen-bond acceptors (Lipinski definition) is 6. The molecular formula is C24H20BrFN2O6. The SMILES string of the molecule is COc1ccc([N+](=O)[O-])cc1NC(=O)/C=C/c1cc(Br)c(OCc2ccccc2F)c(OC)c1. The molecule has 3 rings (SSSR count). The van der Waals surface area contributed by atoms with Crippen molar-refractivity contribution in [1.29, 1.82) is 0 Å². The van der Waals surface area contributed by atoms with Crippen LogP contribution in [0.4, 0.5) is 15.8 Å². The smallest absolute Gasteiger partial charge is 0.271 e. The molecule has 0 heterocycles. The number of nitrogens with one attached hydrogen (secondary N) is 1. The van der Waals surface area contributed by atoms with Crippen LogP contribution in [-0.4, -0.2) is 25.1 Å². The molecule has 0 aliphatic rings. The zero-order valence-electron chi connectivity index (χ0n) is 18.2. The van der Waals surface area contributed by atoms with Crippen LogP contribution in [0.5, 0.6) is 17.2 Å². The molecule has 3 aromatic rings. The fourth-order valence-corrected chi connectivity index (χ4v) is 3.57. The van der Waals surface area contributed by atoms with Gasteiger partial charge in [0.05, 0.1) is 29.3 Å². The molecule has 0 fully saturated rings. The van der Waals surface area contributed by atoms with Crippen LogP contribution in [0.25, 0.3) is 6.08 Å². The highest BCUT2D eigenvalue weighted by Gasteiger charge is 2.14. The minimum atomic E-state index is -0.565. The molecule has 0 aromatic heterocycles. The lowest BCUT2D eigenvalue weighted by Gasteiger charge is -2.14. The van der Waals surface area contributed by atoms with Crippen molar-refractivity contribution < 1.29 is 28.3 Å². The average Bonchev–Trinajstić information content (AvgIpc) is 2.82. The van der Waals surface area contributed by atoms with Gasteiger partial charge < -0.3 is 19.5 Å². The quantitative estimate of drug-likeness (QED) is 0.215. The number of carbonyl (C=O) groups is 1. The lowest BCUT2D eigenvalue weighted by atomic mass is 10.1. The van der Waals surface area contributed by atoms with E-state index in [4.69, 9.17) is 14.2 Å². The van der Waals surface area contributed by atoms with Crippen LogP contribution in [0.15, 0.2) is 65.1 Å². The predicted molar refractivity (Wildman–Crippen MR) is 129 cm³/mol. The number of rotatable bonds is 9. The third-order valence-corrected chi connectivity index (χ3v) is 5.25. The molecule has 10 heteroatoms. The Morgan fingerprint density at radius 3 is 2.53 bits per heavy atom. The molecule has 34 heavy (non-hydrogen) atoms. The number of amides is 1. The van der Waals surface area contributed by atoms with Crippen molar-refractivity contribution in [3.8, 4) is 17.2 Å². The largest absolute Gasteiger partial charge is 0.495 e. The summed E-state index contributed by atoms with van der Waals surface area (Å²) in [4.78, 5) is 22.8. The minimum absolute atomic E-state index is 0.00424. The number of non-ortho nitro benzene ring substituents is 1. The van der Waals surface area contributed by atoms with Gasteiger partial charge in [0.25, 0.3) is 5.69 Å². The van der Waals surface area contributed by atoms with E-state index in [0.29, 0.717) is 27.1 Å².